The highest BCUT2D eigenvalue weighted by molar-refractivity contribution is 7.99. The van der Waals surface area contributed by atoms with Gasteiger partial charge in [0.15, 0.2) is 5.16 Å². The van der Waals surface area contributed by atoms with Crippen LogP contribution in [0.3, 0.4) is 0 Å². The summed E-state index contributed by atoms with van der Waals surface area (Å²) in [6.45, 7) is 4.96. The van der Waals surface area contributed by atoms with E-state index < -0.39 is 0 Å². The maximum absolute atomic E-state index is 5.33. The molecule has 1 atom stereocenters. The minimum atomic E-state index is 0.235. The third kappa shape index (κ3) is 3.85. The zero-order valence-corrected chi connectivity index (χ0v) is 11.4. The highest BCUT2D eigenvalue weighted by atomic mass is 32.2. The molecule has 1 unspecified atom stereocenters. The van der Waals surface area contributed by atoms with E-state index in [2.05, 4.69) is 22.2 Å². The van der Waals surface area contributed by atoms with Gasteiger partial charge in [-0.3, -0.25) is 0 Å². The molecule has 0 aliphatic heterocycles. The van der Waals surface area contributed by atoms with Gasteiger partial charge in [-0.05, 0) is 32.0 Å². The second-order valence-electron chi connectivity index (χ2n) is 4.02. The second kappa shape index (κ2) is 6.56. The van der Waals surface area contributed by atoms with Crippen molar-refractivity contribution in [2.75, 3.05) is 12.3 Å². The smallest absolute Gasteiger partial charge is 0.187 e. The molecule has 1 N–H and O–H groups in total. The van der Waals surface area contributed by atoms with Gasteiger partial charge in [0.25, 0.3) is 0 Å². The lowest BCUT2D eigenvalue weighted by Gasteiger charge is -2.10. The van der Waals surface area contributed by atoms with Crippen molar-refractivity contribution in [2.45, 2.75) is 25.0 Å². The van der Waals surface area contributed by atoms with Crippen LogP contribution in [0.4, 0.5) is 0 Å². The molecule has 0 amide bonds. The van der Waals surface area contributed by atoms with Crippen LogP contribution in [0.1, 0.15) is 24.4 Å². The lowest BCUT2D eigenvalue weighted by Crippen LogP contribution is -2.20. The van der Waals surface area contributed by atoms with E-state index in [1.807, 2.05) is 25.1 Å². The fourth-order valence-electron chi connectivity index (χ4n) is 1.55. The molecule has 0 saturated heterocycles. The lowest BCUT2D eigenvalue weighted by atomic mass is 10.2. The molecule has 0 spiro atoms. The Bertz CT molecular complexity index is 473. The summed E-state index contributed by atoms with van der Waals surface area (Å²) in [4.78, 5) is 8.56. The summed E-state index contributed by atoms with van der Waals surface area (Å²) in [6, 6.07) is 6.03. The molecule has 0 bridgehead atoms. The van der Waals surface area contributed by atoms with E-state index in [1.54, 1.807) is 24.2 Å². The summed E-state index contributed by atoms with van der Waals surface area (Å²) >= 11 is 1.66. The first-order valence-electron chi connectivity index (χ1n) is 5.95. The summed E-state index contributed by atoms with van der Waals surface area (Å²) in [5.74, 6) is 1.90. The number of furan rings is 1. The predicted octanol–water partition coefficient (Wildman–Crippen LogP) is 2.82. The van der Waals surface area contributed by atoms with Crippen molar-refractivity contribution in [2.24, 2.45) is 0 Å². The van der Waals surface area contributed by atoms with E-state index in [0.29, 0.717) is 0 Å². The second-order valence-corrected chi connectivity index (χ2v) is 5.08. The van der Waals surface area contributed by atoms with Crippen LogP contribution in [0, 0.1) is 6.92 Å². The Kier molecular flexibility index (Phi) is 4.78. The number of rotatable bonds is 6. The number of hydrogen-bond acceptors (Lipinski definition) is 5. The molecule has 0 aromatic carbocycles. The molecule has 5 heteroatoms. The molecule has 18 heavy (non-hydrogen) atoms. The van der Waals surface area contributed by atoms with Gasteiger partial charge in [-0.1, -0.05) is 11.8 Å². The molecule has 2 aromatic rings. The minimum absolute atomic E-state index is 0.235. The molecule has 2 rings (SSSR count). The van der Waals surface area contributed by atoms with Gasteiger partial charge in [-0.25, -0.2) is 9.97 Å². The first kappa shape index (κ1) is 13.1. The molecule has 0 fully saturated rings. The molecule has 2 aromatic heterocycles. The molecule has 0 radical (unpaired) electrons. The van der Waals surface area contributed by atoms with Crippen molar-refractivity contribution in [3.63, 3.8) is 0 Å². The van der Waals surface area contributed by atoms with Crippen molar-refractivity contribution < 1.29 is 4.42 Å². The molecule has 2 heterocycles. The SMILES string of the molecule is Cc1ccnc(SCCNC(C)c2ccco2)n1. The van der Waals surface area contributed by atoms with Crippen molar-refractivity contribution in [3.8, 4) is 0 Å². The van der Waals surface area contributed by atoms with E-state index in [9.17, 15) is 0 Å². The number of aryl methyl sites for hydroxylation is 1. The molecule has 4 nitrogen and oxygen atoms in total. The van der Waals surface area contributed by atoms with Crippen LogP contribution in [0.25, 0.3) is 0 Å². The van der Waals surface area contributed by atoms with Crippen LogP contribution < -0.4 is 5.32 Å². The Morgan fingerprint density at radius 2 is 2.33 bits per heavy atom. The quantitative estimate of drug-likeness (QED) is 0.493. The van der Waals surface area contributed by atoms with Crippen LogP contribution >= 0.6 is 11.8 Å². The minimum Gasteiger partial charge on any atom is -0.468 e. The van der Waals surface area contributed by atoms with Gasteiger partial charge in [-0.15, -0.1) is 0 Å². The van der Waals surface area contributed by atoms with Gasteiger partial charge in [0.2, 0.25) is 0 Å². The average Bonchev–Trinajstić information content (AvgIpc) is 2.88. The van der Waals surface area contributed by atoms with E-state index in [-0.39, 0.29) is 6.04 Å². The average molecular weight is 263 g/mol. The summed E-state index contributed by atoms with van der Waals surface area (Å²) in [5.41, 5.74) is 1.00. The predicted molar refractivity (Wildman–Crippen MR) is 72.6 cm³/mol. The van der Waals surface area contributed by atoms with E-state index in [4.69, 9.17) is 4.42 Å². The third-order valence-corrected chi connectivity index (χ3v) is 3.39. The zero-order valence-electron chi connectivity index (χ0n) is 10.6. The fraction of sp³-hybridized carbons (Fsp3) is 0.385. The Morgan fingerprint density at radius 1 is 1.44 bits per heavy atom. The topological polar surface area (TPSA) is 51.0 Å². The van der Waals surface area contributed by atoms with E-state index in [0.717, 1.165) is 28.9 Å². The van der Waals surface area contributed by atoms with Crippen molar-refractivity contribution in [3.05, 3.63) is 42.1 Å². The van der Waals surface area contributed by atoms with Gasteiger partial charge in [0.1, 0.15) is 5.76 Å². The van der Waals surface area contributed by atoms with Crippen LogP contribution in [-0.4, -0.2) is 22.3 Å². The Morgan fingerprint density at radius 3 is 3.06 bits per heavy atom. The Balaban J connectivity index is 1.70. The zero-order chi connectivity index (χ0) is 12.8. The number of thioether (sulfide) groups is 1. The van der Waals surface area contributed by atoms with Crippen LogP contribution in [-0.2, 0) is 0 Å². The molecular formula is C13H17N3OS. The summed E-state index contributed by atoms with van der Waals surface area (Å²) in [5, 5.41) is 4.24. The van der Waals surface area contributed by atoms with E-state index >= 15 is 0 Å². The van der Waals surface area contributed by atoms with Crippen molar-refractivity contribution in [1.29, 1.82) is 0 Å². The summed E-state index contributed by atoms with van der Waals surface area (Å²) in [7, 11) is 0. The van der Waals surface area contributed by atoms with Gasteiger partial charge < -0.3 is 9.73 Å². The maximum Gasteiger partial charge on any atom is 0.187 e. The van der Waals surface area contributed by atoms with Gasteiger partial charge in [0.05, 0.1) is 12.3 Å². The van der Waals surface area contributed by atoms with Gasteiger partial charge in [0, 0.05) is 24.2 Å². The fourth-order valence-corrected chi connectivity index (χ4v) is 2.30. The monoisotopic (exact) mass is 263 g/mol. The number of aromatic nitrogens is 2. The molecule has 96 valence electrons. The molecule has 0 aliphatic carbocycles. The first-order valence-corrected chi connectivity index (χ1v) is 6.93. The molecular weight excluding hydrogens is 246 g/mol. The number of hydrogen-bond donors (Lipinski definition) is 1. The molecule has 0 saturated carbocycles. The third-order valence-electron chi connectivity index (χ3n) is 2.53. The standard InChI is InChI=1S/C13H17N3OS/c1-10-5-6-15-13(16-10)18-9-7-14-11(2)12-4-3-8-17-12/h3-6,8,11,14H,7,9H2,1-2H3. The number of nitrogens with one attached hydrogen (secondary N) is 1. The maximum atomic E-state index is 5.33. The van der Waals surface area contributed by atoms with Crippen LogP contribution in [0.15, 0.2) is 40.2 Å². The Hall–Kier alpha value is -1.33. The van der Waals surface area contributed by atoms with Crippen molar-refractivity contribution in [1.82, 2.24) is 15.3 Å². The van der Waals surface area contributed by atoms with Crippen LogP contribution in [0.2, 0.25) is 0 Å². The highest BCUT2D eigenvalue weighted by Gasteiger charge is 2.06. The van der Waals surface area contributed by atoms with Crippen LogP contribution in [0.5, 0.6) is 0 Å². The normalized spacial score (nSPS) is 12.6. The largest absolute Gasteiger partial charge is 0.468 e. The molecule has 0 aliphatic rings. The highest BCUT2D eigenvalue weighted by Crippen LogP contribution is 2.14. The van der Waals surface area contributed by atoms with Crippen molar-refractivity contribution >= 4 is 11.8 Å². The summed E-state index contributed by atoms with van der Waals surface area (Å²) < 4.78 is 5.33. The lowest BCUT2D eigenvalue weighted by molar-refractivity contribution is 0.438. The van der Waals surface area contributed by atoms with Gasteiger partial charge >= 0.3 is 0 Å². The summed E-state index contributed by atoms with van der Waals surface area (Å²) in [6.07, 6.45) is 3.49. The van der Waals surface area contributed by atoms with Gasteiger partial charge in [-0.2, -0.15) is 0 Å². The van der Waals surface area contributed by atoms with E-state index in [1.165, 1.54) is 0 Å². The number of nitrogens with zero attached hydrogens (tertiary/aromatic N) is 2. The Labute approximate surface area is 111 Å². The first-order chi connectivity index (χ1) is 8.75.